The van der Waals surface area contributed by atoms with Gasteiger partial charge < -0.3 is 20.4 Å². The van der Waals surface area contributed by atoms with Crippen LogP contribution in [0.25, 0.3) is 0 Å². The van der Waals surface area contributed by atoms with Crippen LogP contribution < -0.4 is 0 Å². The average molecular weight is 487 g/mol. The van der Waals surface area contributed by atoms with E-state index < -0.39 is 52.6 Å². The van der Waals surface area contributed by atoms with Gasteiger partial charge in [-0.15, -0.1) is 0 Å². The maximum Gasteiger partial charge on any atom is 0.337 e. The molecule has 0 aliphatic carbocycles. The fourth-order valence-corrected chi connectivity index (χ4v) is 5.96. The predicted octanol–water partition coefficient (Wildman–Crippen LogP) is 6.22. The van der Waals surface area contributed by atoms with Crippen LogP contribution in [0.2, 0.25) is 0 Å². The highest BCUT2D eigenvalue weighted by Gasteiger charge is 2.70. The highest BCUT2D eigenvalue weighted by Crippen LogP contribution is 2.54. The molecule has 0 aromatic carbocycles. The van der Waals surface area contributed by atoms with E-state index in [1.165, 1.54) is 0 Å². The van der Waals surface area contributed by atoms with Gasteiger partial charge in [-0.25, -0.2) is 4.79 Å². The summed E-state index contributed by atoms with van der Waals surface area (Å²) in [6, 6.07) is 0. The van der Waals surface area contributed by atoms with Crippen molar-refractivity contribution in [3.63, 3.8) is 0 Å². The van der Waals surface area contributed by atoms with Crippen LogP contribution in [-0.2, 0) is 14.4 Å². The van der Waals surface area contributed by atoms with Crippen LogP contribution in [0, 0.1) is 29.1 Å². The molecule has 34 heavy (non-hydrogen) atoms. The van der Waals surface area contributed by atoms with E-state index in [0.29, 0.717) is 38.5 Å². The Balaban J connectivity index is 6.91. The number of hydrogen-bond donors (Lipinski definition) is 4. The van der Waals surface area contributed by atoms with E-state index in [-0.39, 0.29) is 0 Å². The summed E-state index contributed by atoms with van der Waals surface area (Å²) in [5, 5.41) is 43.3. The van der Waals surface area contributed by atoms with E-state index >= 15 is 0 Å². The second-order valence-corrected chi connectivity index (χ2v) is 10.3. The molecule has 0 rings (SSSR count). The van der Waals surface area contributed by atoms with Crippen molar-refractivity contribution in [2.45, 2.75) is 124 Å². The Morgan fingerprint density at radius 3 is 1.32 bits per heavy atom. The monoisotopic (exact) mass is 486 g/mol. The smallest absolute Gasteiger partial charge is 0.337 e. The fraction of sp³-hybridized carbons (Fsp3) is 0.889. The van der Waals surface area contributed by atoms with Crippen LogP contribution in [0.4, 0.5) is 0 Å². The molecule has 0 heterocycles. The molecule has 4 N–H and O–H groups in total. The van der Waals surface area contributed by atoms with E-state index in [0.717, 1.165) is 38.5 Å². The zero-order valence-electron chi connectivity index (χ0n) is 22.3. The van der Waals surface area contributed by atoms with Crippen molar-refractivity contribution < 1.29 is 34.8 Å². The highest BCUT2D eigenvalue weighted by atomic mass is 16.4. The molecule has 200 valence electrons. The third-order valence-corrected chi connectivity index (χ3v) is 7.89. The maximum atomic E-state index is 13.1. The molecular weight excluding hydrogens is 436 g/mol. The van der Waals surface area contributed by atoms with Gasteiger partial charge in [-0.1, -0.05) is 99.3 Å². The second-order valence-electron chi connectivity index (χ2n) is 10.3. The van der Waals surface area contributed by atoms with E-state index in [1.807, 2.05) is 20.8 Å². The van der Waals surface area contributed by atoms with Crippen molar-refractivity contribution in [2.24, 2.45) is 29.1 Å². The highest BCUT2D eigenvalue weighted by molar-refractivity contribution is 5.94. The van der Waals surface area contributed by atoms with Gasteiger partial charge >= 0.3 is 17.9 Å². The fourth-order valence-electron chi connectivity index (χ4n) is 5.96. The molecule has 0 spiro atoms. The normalized spacial score (nSPS) is 18.8. The molecule has 7 heteroatoms. The average Bonchev–Trinajstić information content (AvgIpc) is 2.74. The Hall–Kier alpha value is -1.63. The van der Waals surface area contributed by atoms with Crippen LogP contribution in [0.1, 0.15) is 119 Å². The van der Waals surface area contributed by atoms with Crippen molar-refractivity contribution in [3.8, 4) is 0 Å². The number of carboxylic acids is 3. The second kappa shape index (κ2) is 15.4. The van der Waals surface area contributed by atoms with Gasteiger partial charge in [0, 0.05) is 0 Å². The molecule has 5 atom stereocenters. The molecule has 0 bridgehead atoms. The van der Waals surface area contributed by atoms with Crippen LogP contribution in [0.3, 0.4) is 0 Å². The summed E-state index contributed by atoms with van der Waals surface area (Å²) in [5.41, 5.74) is -5.09. The molecule has 7 nitrogen and oxygen atoms in total. The zero-order valence-corrected chi connectivity index (χ0v) is 22.3. The van der Waals surface area contributed by atoms with Gasteiger partial charge in [-0.2, -0.15) is 0 Å². The van der Waals surface area contributed by atoms with Crippen LogP contribution >= 0.6 is 0 Å². The molecule has 0 aromatic rings. The predicted molar refractivity (Wildman–Crippen MR) is 134 cm³/mol. The largest absolute Gasteiger partial charge is 0.481 e. The molecule has 0 radical (unpaired) electrons. The molecule has 5 unspecified atom stereocenters. The van der Waals surface area contributed by atoms with E-state index in [4.69, 9.17) is 0 Å². The van der Waals surface area contributed by atoms with Gasteiger partial charge in [-0.05, 0) is 37.0 Å². The van der Waals surface area contributed by atoms with Crippen LogP contribution in [0.5, 0.6) is 0 Å². The van der Waals surface area contributed by atoms with Gasteiger partial charge in [0.05, 0.1) is 5.92 Å². The summed E-state index contributed by atoms with van der Waals surface area (Å²) in [7, 11) is 0. The molecule has 0 saturated heterocycles. The van der Waals surface area contributed by atoms with Crippen molar-refractivity contribution in [1.29, 1.82) is 0 Å². The minimum absolute atomic E-state index is 0.407. The number of unbranched alkanes of at least 4 members (excludes halogenated alkanes) is 6. The summed E-state index contributed by atoms with van der Waals surface area (Å²) in [5.74, 6) is -8.51. The lowest BCUT2D eigenvalue weighted by atomic mass is 9.51. The molecule has 0 fully saturated rings. The SMILES string of the molecule is CCCCCC(C)C(C(=O)O)C(O)(C(=O)O)C(C(=O)O)(C(C)CCCCC)C(C)CCCCC. The van der Waals surface area contributed by atoms with Crippen molar-refractivity contribution in [3.05, 3.63) is 0 Å². The van der Waals surface area contributed by atoms with Crippen molar-refractivity contribution in [1.82, 2.24) is 0 Å². The minimum atomic E-state index is -2.95. The molecule has 0 aliphatic heterocycles. The lowest BCUT2D eigenvalue weighted by molar-refractivity contribution is -0.225. The standard InChI is InChI=1S/C27H50O7/c1-7-10-13-16-19(4)22(23(28)29)27(34,25(32)33)26(24(30)31,20(5)17-14-11-8-2)21(6)18-15-12-9-3/h19-22,34H,7-18H2,1-6H3,(H,28,29)(H,30,31)(H,32,33). The summed E-state index contributed by atoms with van der Waals surface area (Å²) in [6.45, 7) is 11.0. The number of aliphatic carboxylic acids is 3. The Kier molecular flexibility index (Phi) is 14.6. The number of hydrogen-bond acceptors (Lipinski definition) is 4. The molecule has 0 amide bonds. The van der Waals surface area contributed by atoms with Gasteiger partial charge in [0.2, 0.25) is 0 Å². The van der Waals surface area contributed by atoms with Gasteiger partial charge in [-0.3, -0.25) is 9.59 Å². The van der Waals surface area contributed by atoms with Gasteiger partial charge in [0.25, 0.3) is 0 Å². The Morgan fingerprint density at radius 1 is 0.647 bits per heavy atom. The van der Waals surface area contributed by atoms with E-state index in [9.17, 15) is 34.8 Å². The quantitative estimate of drug-likeness (QED) is 0.150. The first kappa shape index (κ1) is 32.4. The summed E-state index contributed by atoms with van der Waals surface area (Å²) in [6.07, 6.45) is 8.58. The molecule has 0 saturated carbocycles. The Bertz CT molecular complexity index is 616. The lowest BCUT2D eigenvalue weighted by Crippen LogP contribution is -2.69. The first-order valence-corrected chi connectivity index (χ1v) is 13.3. The summed E-state index contributed by atoms with van der Waals surface area (Å²) < 4.78 is 0. The lowest BCUT2D eigenvalue weighted by Gasteiger charge is -2.52. The summed E-state index contributed by atoms with van der Waals surface area (Å²) >= 11 is 0. The minimum Gasteiger partial charge on any atom is -0.481 e. The maximum absolute atomic E-state index is 13.1. The third-order valence-electron chi connectivity index (χ3n) is 7.89. The first-order valence-electron chi connectivity index (χ1n) is 13.3. The van der Waals surface area contributed by atoms with Crippen molar-refractivity contribution in [2.75, 3.05) is 0 Å². The number of carboxylic acid groups (broad SMARTS) is 3. The third kappa shape index (κ3) is 7.19. The molecular formula is C27H50O7. The van der Waals surface area contributed by atoms with Gasteiger partial charge in [0.1, 0.15) is 5.41 Å². The Morgan fingerprint density at radius 2 is 1.03 bits per heavy atom. The number of aliphatic hydroxyl groups is 1. The topological polar surface area (TPSA) is 132 Å². The van der Waals surface area contributed by atoms with Crippen LogP contribution in [0.15, 0.2) is 0 Å². The summed E-state index contributed by atoms with van der Waals surface area (Å²) in [4.78, 5) is 38.5. The van der Waals surface area contributed by atoms with Gasteiger partial charge in [0.15, 0.2) is 5.60 Å². The number of carbonyl (C=O) groups is 3. The zero-order chi connectivity index (χ0) is 26.5. The van der Waals surface area contributed by atoms with Crippen LogP contribution in [-0.4, -0.2) is 43.9 Å². The van der Waals surface area contributed by atoms with Crippen molar-refractivity contribution >= 4 is 17.9 Å². The molecule has 0 aromatic heterocycles. The Labute approximate surface area is 206 Å². The first-order chi connectivity index (χ1) is 15.9. The molecule has 0 aliphatic rings. The van der Waals surface area contributed by atoms with E-state index in [2.05, 4.69) is 0 Å². The van der Waals surface area contributed by atoms with E-state index in [1.54, 1.807) is 20.8 Å². The number of rotatable bonds is 20.